The van der Waals surface area contributed by atoms with Crippen LogP contribution in [0.1, 0.15) is 37.5 Å². The lowest BCUT2D eigenvalue weighted by molar-refractivity contribution is -0.134. The number of nitrogen functional groups attached to an aromatic ring is 1. The second kappa shape index (κ2) is 17.1. The van der Waals surface area contributed by atoms with Crippen molar-refractivity contribution in [1.29, 1.82) is 0 Å². The molecule has 0 radical (unpaired) electrons. The van der Waals surface area contributed by atoms with Crippen LogP contribution >= 0.6 is 34.8 Å². The van der Waals surface area contributed by atoms with Crippen LogP contribution in [0.3, 0.4) is 0 Å². The highest BCUT2D eigenvalue weighted by molar-refractivity contribution is 6.36. The Morgan fingerprint density at radius 2 is 1.85 bits per heavy atom. The summed E-state index contributed by atoms with van der Waals surface area (Å²) in [5.41, 5.74) is 8.04. The zero-order valence-electron chi connectivity index (χ0n) is 26.0. The quantitative estimate of drug-likeness (QED) is 0.183. The predicted molar refractivity (Wildman–Crippen MR) is 182 cm³/mol. The summed E-state index contributed by atoms with van der Waals surface area (Å²) in [7, 11) is 0. The van der Waals surface area contributed by atoms with Crippen LogP contribution in [-0.4, -0.2) is 76.4 Å². The monoisotopic (exact) mass is 708 g/mol. The Bertz CT molecular complexity index is 1590. The van der Waals surface area contributed by atoms with Crippen molar-refractivity contribution in [3.8, 4) is 16.9 Å². The molecule has 47 heavy (non-hydrogen) atoms. The summed E-state index contributed by atoms with van der Waals surface area (Å²) in [6, 6.07) is 4.62. The fraction of sp³-hybridized carbons (Fsp3) is 0.364. The van der Waals surface area contributed by atoms with Gasteiger partial charge in [-0.25, -0.2) is 13.8 Å². The van der Waals surface area contributed by atoms with Crippen LogP contribution in [0.2, 0.25) is 10.0 Å². The lowest BCUT2D eigenvalue weighted by Gasteiger charge is -2.34. The molecule has 0 saturated carbocycles. The number of anilines is 1. The molecule has 1 aromatic carbocycles. The molecule has 2 N–H and O–H groups in total. The Balaban J connectivity index is 0.000000555. The Hall–Kier alpha value is -3.48. The predicted octanol–water partition coefficient (Wildman–Crippen LogP) is 7.39. The van der Waals surface area contributed by atoms with Gasteiger partial charge in [0.05, 0.1) is 37.0 Å². The van der Waals surface area contributed by atoms with E-state index < -0.39 is 17.7 Å². The largest absolute Gasteiger partial charge is 0.482 e. The summed E-state index contributed by atoms with van der Waals surface area (Å²) in [5.74, 6) is -0.406. The molecule has 2 aromatic heterocycles. The molecule has 2 fully saturated rings. The molecule has 9 nitrogen and oxygen atoms in total. The molecule has 1 atom stereocenters. The van der Waals surface area contributed by atoms with Crippen molar-refractivity contribution >= 4 is 46.5 Å². The van der Waals surface area contributed by atoms with Crippen molar-refractivity contribution in [3.05, 3.63) is 94.4 Å². The molecule has 2 aliphatic rings. The second-order valence-electron chi connectivity index (χ2n) is 11.1. The van der Waals surface area contributed by atoms with Crippen molar-refractivity contribution in [3.63, 3.8) is 0 Å². The third-order valence-corrected chi connectivity index (χ3v) is 8.54. The van der Waals surface area contributed by atoms with E-state index in [2.05, 4.69) is 28.1 Å². The Morgan fingerprint density at radius 3 is 2.49 bits per heavy atom. The Kier molecular flexibility index (Phi) is 13.2. The number of allylic oxidation sites excluding steroid dienone is 4. The number of nitrogens with zero attached hydrogens (tertiary/aromatic N) is 5. The standard InChI is InChI=1S/C27H31Cl2FN6O3.C6H6ClF/c1-17(25-21(28)2-3-22(30)26(25)29)39-23-12-18(13-32-27(23)31)19-14-33-36(15-19)20-4-6-35(7-5-20)24(37)16-34-8-10-38-11-9-34;1-5(7)3-4-6(2)8/h2-3,12-15,17,20H,4-11,16H2,1H3,(H2,31,32);3-4H,1-2H2/b;4-3-. The van der Waals surface area contributed by atoms with Gasteiger partial charge in [-0.2, -0.15) is 5.10 Å². The molecule has 0 aliphatic carbocycles. The molecule has 14 heteroatoms. The number of rotatable bonds is 9. The summed E-state index contributed by atoms with van der Waals surface area (Å²) >= 11 is 17.6. The van der Waals surface area contributed by atoms with E-state index >= 15 is 0 Å². The van der Waals surface area contributed by atoms with Gasteiger partial charge < -0.3 is 20.1 Å². The molecular weight excluding hydrogens is 673 g/mol. The van der Waals surface area contributed by atoms with E-state index in [1.54, 1.807) is 25.4 Å². The number of carbonyl (C=O) groups excluding carboxylic acids is 1. The number of hydrogen-bond donors (Lipinski definition) is 1. The zero-order valence-corrected chi connectivity index (χ0v) is 28.2. The first-order chi connectivity index (χ1) is 22.4. The normalized spacial score (nSPS) is 16.4. The summed E-state index contributed by atoms with van der Waals surface area (Å²) in [6.07, 6.45) is 8.88. The molecular formula is C33H37Cl3F2N6O3. The van der Waals surface area contributed by atoms with Gasteiger partial charge in [0.25, 0.3) is 0 Å². The average molecular weight is 710 g/mol. The number of nitrogens with two attached hydrogens (primary N) is 1. The van der Waals surface area contributed by atoms with Gasteiger partial charge in [-0.3, -0.25) is 14.4 Å². The molecule has 252 valence electrons. The summed E-state index contributed by atoms with van der Waals surface area (Å²) in [5, 5.41) is 5.09. The molecule has 0 spiro atoms. The molecule has 3 aromatic rings. The van der Waals surface area contributed by atoms with Crippen LogP contribution in [0.25, 0.3) is 11.1 Å². The highest BCUT2D eigenvalue weighted by atomic mass is 35.5. The fourth-order valence-electron chi connectivity index (χ4n) is 5.17. The number of amides is 1. The maximum Gasteiger partial charge on any atom is 0.236 e. The minimum atomic E-state index is -0.668. The Morgan fingerprint density at radius 1 is 1.15 bits per heavy atom. The number of aromatic nitrogens is 3. The van der Waals surface area contributed by atoms with E-state index in [9.17, 15) is 13.6 Å². The number of pyridine rings is 1. The summed E-state index contributed by atoms with van der Waals surface area (Å²) in [4.78, 5) is 21.1. The first kappa shape index (κ1) is 36.4. The molecule has 0 bridgehead atoms. The molecule has 1 amide bonds. The van der Waals surface area contributed by atoms with Gasteiger partial charge in [0.15, 0.2) is 11.6 Å². The van der Waals surface area contributed by atoms with Crippen LogP contribution < -0.4 is 10.5 Å². The van der Waals surface area contributed by atoms with Gasteiger partial charge >= 0.3 is 0 Å². The highest BCUT2D eigenvalue weighted by Crippen LogP contribution is 2.37. The second-order valence-corrected chi connectivity index (χ2v) is 12.3. The van der Waals surface area contributed by atoms with Gasteiger partial charge in [0.1, 0.15) is 17.7 Å². The minimum absolute atomic E-state index is 0.0900. The van der Waals surface area contributed by atoms with E-state index in [1.165, 1.54) is 18.2 Å². The number of halogens is 5. The number of ether oxygens (including phenoxy) is 2. The van der Waals surface area contributed by atoms with Gasteiger partial charge in [-0.15, -0.1) is 0 Å². The van der Waals surface area contributed by atoms with Crippen molar-refractivity contribution in [1.82, 2.24) is 24.6 Å². The first-order valence-corrected chi connectivity index (χ1v) is 16.1. The highest BCUT2D eigenvalue weighted by Gasteiger charge is 2.26. The number of hydrogen-bond acceptors (Lipinski definition) is 7. The van der Waals surface area contributed by atoms with Gasteiger partial charge in [0, 0.05) is 65.3 Å². The van der Waals surface area contributed by atoms with Crippen molar-refractivity contribution in [2.75, 3.05) is 51.7 Å². The summed E-state index contributed by atoms with van der Waals surface area (Å²) in [6.45, 7) is 12.8. The van der Waals surface area contributed by atoms with E-state index in [4.69, 9.17) is 50.0 Å². The van der Waals surface area contributed by atoms with E-state index in [1.807, 2.05) is 15.8 Å². The average Bonchev–Trinajstić information content (AvgIpc) is 3.54. The molecule has 2 aliphatic heterocycles. The van der Waals surface area contributed by atoms with Crippen LogP contribution in [0.15, 0.2) is 73.0 Å². The minimum Gasteiger partial charge on any atom is -0.482 e. The number of piperidine rings is 1. The number of carbonyl (C=O) groups is 1. The van der Waals surface area contributed by atoms with Crippen LogP contribution in [0.4, 0.5) is 14.6 Å². The van der Waals surface area contributed by atoms with Crippen molar-refractivity contribution < 1.29 is 23.0 Å². The van der Waals surface area contributed by atoms with Crippen LogP contribution in [0, 0.1) is 5.82 Å². The van der Waals surface area contributed by atoms with Gasteiger partial charge in [0.2, 0.25) is 5.91 Å². The lowest BCUT2D eigenvalue weighted by atomic mass is 10.0. The van der Waals surface area contributed by atoms with E-state index in [0.717, 1.165) is 43.1 Å². The molecule has 2 saturated heterocycles. The molecule has 1 unspecified atom stereocenters. The van der Waals surface area contributed by atoms with Crippen LogP contribution in [0.5, 0.6) is 5.75 Å². The van der Waals surface area contributed by atoms with E-state index in [0.29, 0.717) is 54.2 Å². The fourth-order valence-corrected chi connectivity index (χ4v) is 5.91. The molecule has 4 heterocycles. The smallest absolute Gasteiger partial charge is 0.236 e. The third kappa shape index (κ3) is 10.3. The summed E-state index contributed by atoms with van der Waals surface area (Å²) < 4.78 is 39.0. The van der Waals surface area contributed by atoms with Gasteiger partial charge in [-0.1, -0.05) is 48.0 Å². The van der Waals surface area contributed by atoms with Crippen molar-refractivity contribution in [2.24, 2.45) is 0 Å². The molecule has 5 rings (SSSR count). The third-order valence-electron chi connectivity index (χ3n) is 7.71. The van der Waals surface area contributed by atoms with Crippen molar-refractivity contribution in [2.45, 2.75) is 31.9 Å². The van der Waals surface area contributed by atoms with Crippen LogP contribution in [-0.2, 0) is 9.53 Å². The zero-order chi connectivity index (χ0) is 34.1. The number of likely N-dealkylation sites (tertiary alicyclic amines) is 1. The lowest BCUT2D eigenvalue weighted by Crippen LogP contribution is -2.47. The SMILES string of the molecule is C=C(F)/C=C\C(=C)Cl.CC(Oc1cc(-c2cnn(C3CCN(C(=O)CN4CCOCC4)CC3)c2)cnc1N)c1c(Cl)ccc(F)c1Cl. The Labute approximate surface area is 288 Å². The van der Waals surface area contributed by atoms with Gasteiger partial charge in [-0.05, 0) is 50.1 Å². The first-order valence-electron chi connectivity index (χ1n) is 15.0. The number of benzene rings is 1. The topological polar surface area (TPSA) is 98.7 Å². The van der Waals surface area contributed by atoms with E-state index in [-0.39, 0.29) is 22.8 Å². The maximum atomic E-state index is 14.0. The maximum absolute atomic E-state index is 14.0. The number of morpholine rings is 1.